The predicted octanol–water partition coefficient (Wildman–Crippen LogP) is 12.7. The molecule has 1 rings (SSSR count). The second kappa shape index (κ2) is 35.5. The lowest BCUT2D eigenvalue weighted by Gasteiger charge is -2.23. The van der Waals surface area contributed by atoms with Crippen molar-refractivity contribution in [3.8, 4) is 0 Å². The zero-order valence-corrected chi connectivity index (χ0v) is 37.0. The summed E-state index contributed by atoms with van der Waals surface area (Å²) in [5.41, 5.74) is 1.28. The van der Waals surface area contributed by atoms with Gasteiger partial charge in [-0.05, 0) is 64.3 Å². The van der Waals surface area contributed by atoms with E-state index in [1.54, 1.807) is 34.1 Å². The van der Waals surface area contributed by atoms with E-state index in [2.05, 4.69) is 37.7 Å². The molecule has 54 heavy (non-hydrogen) atoms. The lowest BCUT2D eigenvalue weighted by molar-refractivity contribution is 0.0770. The minimum atomic E-state index is 0.0115. The quantitative estimate of drug-likeness (QED) is 0.0631. The van der Waals surface area contributed by atoms with E-state index in [0.717, 1.165) is 26.2 Å². The predicted molar refractivity (Wildman–Crippen MR) is 236 cm³/mol. The van der Waals surface area contributed by atoms with Crippen LogP contribution < -0.4 is 0 Å². The van der Waals surface area contributed by atoms with Gasteiger partial charge in [0.05, 0.1) is 0 Å². The molecule has 0 aliphatic rings. The van der Waals surface area contributed by atoms with Gasteiger partial charge in [-0.3, -0.25) is 9.59 Å². The Bertz CT molecular complexity index is 920. The molecule has 2 amide bonds. The Hall–Kier alpha value is -1.92. The van der Waals surface area contributed by atoms with Gasteiger partial charge in [-0.15, -0.1) is 0 Å². The molecule has 1 aromatic carbocycles. The Labute approximate surface area is 336 Å². The summed E-state index contributed by atoms with van der Waals surface area (Å²) < 4.78 is 0. The Kier molecular flexibility index (Phi) is 32.9. The van der Waals surface area contributed by atoms with E-state index in [9.17, 15) is 9.59 Å². The summed E-state index contributed by atoms with van der Waals surface area (Å²) in [5.74, 6) is 0.0229. The molecule has 314 valence electrons. The van der Waals surface area contributed by atoms with E-state index in [1.807, 2.05) is 14.1 Å². The monoisotopic (exact) mass is 755 g/mol. The van der Waals surface area contributed by atoms with Gasteiger partial charge >= 0.3 is 0 Å². The fraction of sp³-hybridized carbons (Fsp3) is 0.833. The van der Waals surface area contributed by atoms with Crippen LogP contribution in [0.2, 0.25) is 0 Å². The number of rotatable bonds is 38. The van der Waals surface area contributed by atoms with Gasteiger partial charge in [-0.2, -0.15) is 0 Å². The van der Waals surface area contributed by atoms with Gasteiger partial charge in [-0.25, -0.2) is 0 Å². The first kappa shape index (κ1) is 50.1. The molecule has 0 unspecified atom stereocenters. The average molecular weight is 755 g/mol. The normalized spacial score (nSPS) is 11.6. The van der Waals surface area contributed by atoms with E-state index in [0.29, 0.717) is 24.2 Å². The molecule has 0 heterocycles. The van der Waals surface area contributed by atoms with Crippen LogP contribution in [0.3, 0.4) is 0 Å². The summed E-state index contributed by atoms with van der Waals surface area (Å²) in [6.07, 6.45) is 38.7. The molecule has 0 radical (unpaired) electrons. The van der Waals surface area contributed by atoms with Crippen molar-refractivity contribution in [1.82, 2.24) is 19.6 Å². The van der Waals surface area contributed by atoms with Crippen LogP contribution in [0, 0.1) is 0 Å². The molecule has 0 N–H and O–H groups in total. The molecular formula is C48H90N4O2. The van der Waals surface area contributed by atoms with E-state index in [1.165, 1.54) is 180 Å². The summed E-state index contributed by atoms with van der Waals surface area (Å²) >= 11 is 0. The van der Waals surface area contributed by atoms with E-state index >= 15 is 0 Å². The van der Waals surface area contributed by atoms with Crippen LogP contribution in [0.5, 0.6) is 0 Å². The number of carbonyl (C=O) groups excluding carboxylic acids is 2. The number of hydrogen-bond acceptors (Lipinski definition) is 4. The third-order valence-electron chi connectivity index (χ3n) is 11.5. The highest BCUT2D eigenvalue weighted by molar-refractivity contribution is 5.97. The smallest absolute Gasteiger partial charge is 0.253 e. The van der Waals surface area contributed by atoms with Crippen LogP contribution >= 0.6 is 0 Å². The summed E-state index contributed by atoms with van der Waals surface area (Å²) in [5, 5.41) is 0. The lowest BCUT2D eigenvalue weighted by Crippen LogP contribution is -2.35. The molecular weight excluding hydrogens is 665 g/mol. The molecule has 6 nitrogen and oxygen atoms in total. The Morgan fingerprint density at radius 2 is 0.556 bits per heavy atom. The van der Waals surface area contributed by atoms with Gasteiger partial charge in [0.1, 0.15) is 0 Å². The number of carbonyl (C=O) groups is 2. The summed E-state index contributed by atoms with van der Waals surface area (Å²) in [6, 6.07) is 7.22. The zero-order valence-electron chi connectivity index (χ0n) is 37.0. The summed E-state index contributed by atoms with van der Waals surface area (Å²) in [6.45, 7) is 9.88. The molecule has 0 saturated carbocycles. The average Bonchev–Trinajstić information content (AvgIpc) is 3.18. The zero-order chi connectivity index (χ0) is 39.5. The molecule has 0 atom stereocenters. The van der Waals surface area contributed by atoms with Gasteiger partial charge in [0.15, 0.2) is 0 Å². The second-order valence-corrected chi connectivity index (χ2v) is 16.8. The van der Waals surface area contributed by atoms with Crippen LogP contribution in [0.4, 0.5) is 0 Å². The topological polar surface area (TPSA) is 47.1 Å². The number of likely N-dealkylation sites (N-methyl/N-ethyl adjacent to an activating group) is 4. The van der Waals surface area contributed by atoms with Gasteiger partial charge < -0.3 is 19.6 Å². The number of amides is 2. The number of nitrogens with zero attached hydrogens (tertiary/aromatic N) is 4. The molecule has 0 spiro atoms. The second-order valence-electron chi connectivity index (χ2n) is 16.8. The Balaban J connectivity index is 2.11. The standard InChI is InChI=1S/C48H90N4O2/c1-7-9-11-13-15-17-19-21-23-25-27-29-31-33-39-49(3)41-43-51(5)47(53)45-35-37-46(38-36-45)48(54)52(6)44-42-50(4)40-34-32-30-28-26-24-22-20-18-16-14-12-10-8-2/h35-38H,7-34,39-44H2,1-6H3. The molecule has 0 aromatic heterocycles. The fourth-order valence-electron chi connectivity index (χ4n) is 7.42. The number of unbranched alkanes of at least 4 members (excludes halogenated alkanes) is 26. The van der Waals surface area contributed by atoms with Crippen molar-refractivity contribution in [2.75, 3.05) is 67.5 Å². The molecule has 0 bridgehead atoms. The number of hydrogen-bond donors (Lipinski definition) is 0. The summed E-state index contributed by atoms with van der Waals surface area (Å²) in [4.78, 5) is 34.5. The van der Waals surface area contributed by atoms with Gasteiger partial charge in [0.25, 0.3) is 11.8 Å². The third kappa shape index (κ3) is 27.6. The van der Waals surface area contributed by atoms with Crippen LogP contribution in [0.15, 0.2) is 24.3 Å². The molecule has 6 heteroatoms. The van der Waals surface area contributed by atoms with Gasteiger partial charge in [0, 0.05) is 51.4 Å². The van der Waals surface area contributed by atoms with Crippen LogP contribution in [0.1, 0.15) is 214 Å². The highest BCUT2D eigenvalue weighted by Crippen LogP contribution is 2.15. The van der Waals surface area contributed by atoms with Crippen LogP contribution in [0.25, 0.3) is 0 Å². The first-order valence-electron chi connectivity index (χ1n) is 23.3. The first-order chi connectivity index (χ1) is 26.3. The van der Waals surface area contributed by atoms with E-state index < -0.39 is 0 Å². The van der Waals surface area contributed by atoms with Crippen molar-refractivity contribution >= 4 is 11.8 Å². The van der Waals surface area contributed by atoms with Gasteiger partial charge in [0.2, 0.25) is 0 Å². The van der Waals surface area contributed by atoms with Crippen molar-refractivity contribution in [2.45, 2.75) is 194 Å². The SMILES string of the molecule is CCCCCCCCCCCCCCCCN(C)CCN(C)C(=O)c1ccc(C(=O)N(C)CCN(C)CCCCCCCCCCCCCCCC)cc1. The highest BCUT2D eigenvalue weighted by Gasteiger charge is 2.16. The highest BCUT2D eigenvalue weighted by atomic mass is 16.2. The first-order valence-corrected chi connectivity index (χ1v) is 23.3. The van der Waals surface area contributed by atoms with Crippen molar-refractivity contribution < 1.29 is 9.59 Å². The van der Waals surface area contributed by atoms with E-state index in [4.69, 9.17) is 0 Å². The largest absolute Gasteiger partial charge is 0.340 e. The van der Waals surface area contributed by atoms with Crippen molar-refractivity contribution in [2.24, 2.45) is 0 Å². The van der Waals surface area contributed by atoms with Crippen molar-refractivity contribution in [3.05, 3.63) is 35.4 Å². The third-order valence-corrected chi connectivity index (χ3v) is 11.5. The maximum absolute atomic E-state index is 13.1. The minimum absolute atomic E-state index is 0.0115. The van der Waals surface area contributed by atoms with E-state index in [-0.39, 0.29) is 11.8 Å². The minimum Gasteiger partial charge on any atom is -0.340 e. The summed E-state index contributed by atoms with van der Waals surface area (Å²) in [7, 11) is 8.08. The van der Waals surface area contributed by atoms with Crippen LogP contribution in [-0.2, 0) is 0 Å². The Morgan fingerprint density at radius 1 is 0.333 bits per heavy atom. The number of benzene rings is 1. The van der Waals surface area contributed by atoms with Crippen molar-refractivity contribution in [1.29, 1.82) is 0 Å². The van der Waals surface area contributed by atoms with Crippen LogP contribution in [-0.4, -0.2) is 98.9 Å². The maximum atomic E-state index is 13.1. The molecule has 0 fully saturated rings. The van der Waals surface area contributed by atoms with Gasteiger partial charge in [-0.1, -0.05) is 181 Å². The van der Waals surface area contributed by atoms with Crippen molar-refractivity contribution in [3.63, 3.8) is 0 Å². The molecule has 0 aliphatic carbocycles. The molecule has 0 saturated heterocycles. The molecule has 0 aliphatic heterocycles. The molecule has 1 aromatic rings. The maximum Gasteiger partial charge on any atom is 0.253 e. The lowest BCUT2D eigenvalue weighted by atomic mass is 10.0. The fourth-order valence-corrected chi connectivity index (χ4v) is 7.42. The Morgan fingerprint density at radius 3 is 0.796 bits per heavy atom.